The van der Waals surface area contributed by atoms with E-state index < -0.39 is 0 Å². The monoisotopic (exact) mass is 164 g/mol. The number of hydrogen-bond donors (Lipinski definition) is 0. The molecule has 0 saturated carbocycles. The quantitative estimate of drug-likeness (QED) is 0.461. The zero-order valence-electron chi connectivity index (χ0n) is 8.11. The first-order valence-electron chi connectivity index (χ1n) is 4.36. The normalized spacial score (nSPS) is 8.25. The highest BCUT2D eigenvalue weighted by molar-refractivity contribution is 5.92. The van der Waals surface area contributed by atoms with E-state index in [4.69, 9.17) is 0 Å². The third kappa shape index (κ3) is 4.73. The Morgan fingerprint density at radius 3 is 2.33 bits per heavy atom. The van der Waals surface area contributed by atoms with Crippen LogP contribution in [0.2, 0.25) is 0 Å². The predicted molar refractivity (Wildman–Crippen MR) is 51.7 cm³/mol. The van der Waals surface area contributed by atoms with Crippen LogP contribution in [0.1, 0.15) is 40.0 Å². The van der Waals surface area contributed by atoms with Gasteiger partial charge in [0.2, 0.25) is 0 Å². The van der Waals surface area contributed by atoms with Crippen LogP contribution in [-0.4, -0.2) is 5.78 Å². The van der Waals surface area contributed by atoms with Gasteiger partial charge in [0, 0.05) is 0 Å². The van der Waals surface area contributed by atoms with Gasteiger partial charge in [0.15, 0.2) is 5.78 Å². The Morgan fingerprint density at radius 1 is 1.33 bits per heavy atom. The number of carbonyl (C=O) groups is 1. The molecule has 66 valence electrons. The minimum atomic E-state index is 0.128. The van der Waals surface area contributed by atoms with E-state index in [9.17, 15) is 4.79 Å². The molecule has 0 saturated heterocycles. The molecule has 0 aliphatic heterocycles. The zero-order valence-corrected chi connectivity index (χ0v) is 8.11. The van der Waals surface area contributed by atoms with Crippen LogP contribution in [0.4, 0.5) is 0 Å². The van der Waals surface area contributed by atoms with E-state index in [1.807, 2.05) is 0 Å². The van der Waals surface area contributed by atoms with Gasteiger partial charge in [0.1, 0.15) is 0 Å². The summed E-state index contributed by atoms with van der Waals surface area (Å²) in [5.41, 5.74) is 1.21. The molecular formula is C11H16O. The van der Waals surface area contributed by atoms with Crippen LogP contribution >= 0.6 is 0 Å². The van der Waals surface area contributed by atoms with Crippen molar-refractivity contribution in [1.29, 1.82) is 0 Å². The first kappa shape index (κ1) is 11.0. The maximum Gasteiger partial charge on any atom is 0.167 e. The number of ketones is 1. The van der Waals surface area contributed by atoms with Gasteiger partial charge in [-0.1, -0.05) is 25.3 Å². The third-order valence-corrected chi connectivity index (χ3v) is 1.71. The van der Waals surface area contributed by atoms with Crippen LogP contribution < -0.4 is 0 Å². The van der Waals surface area contributed by atoms with Crippen LogP contribution in [0, 0.1) is 11.8 Å². The number of allylic oxidation sites excluding steroid dienone is 2. The summed E-state index contributed by atoms with van der Waals surface area (Å²) >= 11 is 0. The zero-order chi connectivity index (χ0) is 9.40. The van der Waals surface area contributed by atoms with Gasteiger partial charge in [-0.15, -0.1) is 5.92 Å². The topological polar surface area (TPSA) is 17.1 Å². The molecule has 1 nitrogen and oxygen atoms in total. The molecule has 0 rings (SSSR count). The molecule has 0 amide bonds. The average molecular weight is 164 g/mol. The Kier molecular flexibility index (Phi) is 6.09. The van der Waals surface area contributed by atoms with Crippen molar-refractivity contribution in [3.8, 4) is 11.8 Å². The lowest BCUT2D eigenvalue weighted by Gasteiger charge is -1.96. The molecule has 0 aliphatic rings. The first-order chi connectivity index (χ1) is 5.74. The molecule has 0 aromatic heterocycles. The van der Waals surface area contributed by atoms with E-state index in [2.05, 4.69) is 25.7 Å². The number of carbonyl (C=O) groups excluding carboxylic acids is 1. The van der Waals surface area contributed by atoms with Crippen molar-refractivity contribution in [2.75, 3.05) is 0 Å². The lowest BCUT2D eigenvalue weighted by molar-refractivity contribution is -0.113. The van der Waals surface area contributed by atoms with Crippen LogP contribution in [0.3, 0.4) is 0 Å². The fourth-order valence-corrected chi connectivity index (χ4v) is 0.908. The molecule has 0 heterocycles. The molecule has 12 heavy (non-hydrogen) atoms. The van der Waals surface area contributed by atoms with Crippen molar-refractivity contribution in [3.05, 3.63) is 11.6 Å². The fraction of sp³-hybridized carbons (Fsp3) is 0.545. The maximum absolute atomic E-state index is 11.2. The van der Waals surface area contributed by atoms with Crippen molar-refractivity contribution in [2.24, 2.45) is 0 Å². The lowest BCUT2D eigenvalue weighted by atomic mass is 10.1. The molecule has 0 radical (unpaired) electrons. The van der Waals surface area contributed by atoms with E-state index in [1.54, 1.807) is 13.0 Å². The van der Waals surface area contributed by atoms with Crippen LogP contribution in [0.25, 0.3) is 0 Å². The summed E-state index contributed by atoms with van der Waals surface area (Å²) in [7, 11) is 0. The largest absolute Gasteiger partial charge is 0.294 e. The SMILES string of the molecule is CC#CCC(=O)C=C(CC)CC. The second-order valence-electron chi connectivity index (χ2n) is 2.58. The van der Waals surface area contributed by atoms with Gasteiger partial charge in [-0.2, -0.15) is 0 Å². The summed E-state index contributed by atoms with van der Waals surface area (Å²) in [6.45, 7) is 5.87. The highest BCUT2D eigenvalue weighted by Crippen LogP contribution is 2.05. The molecule has 0 spiro atoms. The molecule has 0 aliphatic carbocycles. The van der Waals surface area contributed by atoms with Crippen molar-refractivity contribution in [2.45, 2.75) is 40.0 Å². The molecule has 0 N–H and O–H groups in total. The van der Waals surface area contributed by atoms with Crippen molar-refractivity contribution in [1.82, 2.24) is 0 Å². The molecule has 0 bridgehead atoms. The first-order valence-corrected chi connectivity index (χ1v) is 4.36. The number of hydrogen-bond acceptors (Lipinski definition) is 1. The van der Waals surface area contributed by atoms with E-state index in [0.717, 1.165) is 12.8 Å². The molecule has 0 fully saturated rings. The predicted octanol–water partition coefficient (Wildman–Crippen LogP) is 2.72. The highest BCUT2D eigenvalue weighted by atomic mass is 16.1. The molecule has 0 aromatic rings. The minimum Gasteiger partial charge on any atom is -0.294 e. The standard InChI is InChI=1S/C11H16O/c1-4-7-8-11(12)9-10(5-2)6-3/h9H,5-6,8H2,1-3H3. The second kappa shape index (κ2) is 6.67. The molecule has 0 aromatic carbocycles. The van der Waals surface area contributed by atoms with Crippen molar-refractivity contribution >= 4 is 5.78 Å². The van der Waals surface area contributed by atoms with Crippen molar-refractivity contribution < 1.29 is 4.79 Å². The van der Waals surface area contributed by atoms with Gasteiger partial charge in [-0.05, 0) is 25.8 Å². The Morgan fingerprint density at radius 2 is 1.92 bits per heavy atom. The Labute approximate surface area is 74.9 Å². The van der Waals surface area contributed by atoms with Crippen LogP contribution in [-0.2, 0) is 4.79 Å². The second-order valence-corrected chi connectivity index (χ2v) is 2.58. The lowest BCUT2D eigenvalue weighted by Crippen LogP contribution is -1.92. The van der Waals surface area contributed by atoms with Crippen LogP contribution in [0.5, 0.6) is 0 Å². The summed E-state index contributed by atoms with van der Waals surface area (Å²) in [4.78, 5) is 11.2. The molecule has 0 unspecified atom stereocenters. The van der Waals surface area contributed by atoms with Gasteiger partial charge in [0.25, 0.3) is 0 Å². The van der Waals surface area contributed by atoms with Gasteiger partial charge >= 0.3 is 0 Å². The van der Waals surface area contributed by atoms with Crippen molar-refractivity contribution in [3.63, 3.8) is 0 Å². The fourth-order valence-electron chi connectivity index (χ4n) is 0.908. The van der Waals surface area contributed by atoms with Gasteiger partial charge in [-0.25, -0.2) is 0 Å². The highest BCUT2D eigenvalue weighted by Gasteiger charge is 1.96. The summed E-state index contributed by atoms with van der Waals surface area (Å²) in [6.07, 6.45) is 4.01. The summed E-state index contributed by atoms with van der Waals surface area (Å²) in [5, 5.41) is 0. The van der Waals surface area contributed by atoms with E-state index in [-0.39, 0.29) is 5.78 Å². The minimum absolute atomic E-state index is 0.128. The molecular weight excluding hydrogens is 148 g/mol. The maximum atomic E-state index is 11.2. The van der Waals surface area contributed by atoms with Gasteiger partial charge in [-0.3, -0.25) is 4.79 Å². The smallest absolute Gasteiger partial charge is 0.167 e. The molecule has 0 atom stereocenters. The van der Waals surface area contributed by atoms with E-state index in [0.29, 0.717) is 6.42 Å². The molecule has 1 heteroatoms. The number of rotatable bonds is 4. The van der Waals surface area contributed by atoms with E-state index in [1.165, 1.54) is 5.57 Å². The average Bonchev–Trinajstić information content (AvgIpc) is 2.10. The summed E-state index contributed by atoms with van der Waals surface area (Å²) < 4.78 is 0. The Hall–Kier alpha value is -1.03. The van der Waals surface area contributed by atoms with Crippen LogP contribution in [0.15, 0.2) is 11.6 Å². The van der Waals surface area contributed by atoms with E-state index >= 15 is 0 Å². The summed E-state index contributed by atoms with van der Waals surface area (Å²) in [6, 6.07) is 0. The summed E-state index contributed by atoms with van der Waals surface area (Å²) in [5.74, 6) is 5.59. The third-order valence-electron chi connectivity index (χ3n) is 1.71. The Bertz CT molecular complexity index is 219. The van der Waals surface area contributed by atoms with Gasteiger partial charge in [0.05, 0.1) is 6.42 Å². The van der Waals surface area contributed by atoms with Gasteiger partial charge < -0.3 is 0 Å². The Balaban J connectivity index is 4.08.